The number of anilines is 1. The molecule has 10 heteroatoms. The molecule has 0 saturated carbocycles. The predicted octanol–water partition coefficient (Wildman–Crippen LogP) is 6.00. The summed E-state index contributed by atoms with van der Waals surface area (Å²) < 4.78 is 51.0. The average Bonchev–Trinajstić information content (AvgIpc) is 3.13. The molecule has 1 saturated heterocycles. The van der Waals surface area contributed by atoms with E-state index in [2.05, 4.69) is 0 Å². The Labute approximate surface area is 209 Å². The fraction of sp³-hybridized carbons (Fsp3) is 0.154. The second kappa shape index (κ2) is 9.58. The van der Waals surface area contributed by atoms with Gasteiger partial charge < -0.3 is 14.6 Å². The van der Waals surface area contributed by atoms with Gasteiger partial charge in [-0.15, -0.1) is 0 Å². The zero-order valence-electron chi connectivity index (χ0n) is 19.0. The Bertz CT molecular complexity index is 1370. The van der Waals surface area contributed by atoms with Crippen molar-refractivity contribution in [2.24, 2.45) is 0 Å². The first-order valence-electron chi connectivity index (χ1n) is 10.5. The van der Waals surface area contributed by atoms with E-state index in [-0.39, 0.29) is 28.1 Å². The lowest BCUT2D eigenvalue weighted by Gasteiger charge is -2.27. The van der Waals surface area contributed by atoms with Gasteiger partial charge in [0, 0.05) is 27.9 Å². The van der Waals surface area contributed by atoms with Crippen molar-refractivity contribution in [2.75, 3.05) is 19.1 Å². The molecule has 1 aliphatic rings. The highest BCUT2D eigenvalue weighted by atomic mass is 35.5. The number of rotatable bonds is 5. The van der Waals surface area contributed by atoms with Crippen molar-refractivity contribution in [3.05, 3.63) is 94.0 Å². The van der Waals surface area contributed by atoms with Crippen molar-refractivity contribution in [1.29, 1.82) is 0 Å². The monoisotopic (exact) mass is 517 g/mol. The van der Waals surface area contributed by atoms with Crippen molar-refractivity contribution in [1.82, 2.24) is 0 Å². The van der Waals surface area contributed by atoms with Crippen LogP contribution in [-0.2, 0) is 15.8 Å². The van der Waals surface area contributed by atoms with Crippen molar-refractivity contribution < 1.29 is 37.3 Å². The first-order valence-corrected chi connectivity index (χ1v) is 10.9. The van der Waals surface area contributed by atoms with Crippen molar-refractivity contribution >= 4 is 34.7 Å². The second-order valence-electron chi connectivity index (χ2n) is 7.83. The second-order valence-corrected chi connectivity index (χ2v) is 8.27. The van der Waals surface area contributed by atoms with Crippen LogP contribution in [0.3, 0.4) is 0 Å². The highest BCUT2D eigenvalue weighted by Gasteiger charge is 2.48. The average molecular weight is 518 g/mol. The van der Waals surface area contributed by atoms with Crippen LogP contribution in [0.15, 0.2) is 72.3 Å². The van der Waals surface area contributed by atoms with Crippen LogP contribution in [-0.4, -0.2) is 31.0 Å². The molecule has 0 radical (unpaired) electrons. The molecule has 0 aliphatic carbocycles. The van der Waals surface area contributed by atoms with Gasteiger partial charge in [0.15, 0.2) is 0 Å². The van der Waals surface area contributed by atoms with Gasteiger partial charge in [0.05, 0.1) is 31.4 Å². The van der Waals surface area contributed by atoms with E-state index in [1.165, 1.54) is 56.7 Å². The molecule has 186 valence electrons. The van der Waals surface area contributed by atoms with Crippen LogP contribution < -0.4 is 14.4 Å². The van der Waals surface area contributed by atoms with E-state index in [4.69, 9.17) is 21.1 Å². The van der Waals surface area contributed by atoms with E-state index in [0.29, 0.717) is 10.8 Å². The number of ether oxygens (including phenoxy) is 2. The van der Waals surface area contributed by atoms with E-state index < -0.39 is 35.2 Å². The first-order chi connectivity index (χ1) is 17.1. The molecular weight excluding hydrogens is 499 g/mol. The number of aliphatic hydroxyl groups is 1. The lowest BCUT2D eigenvalue weighted by atomic mass is 9.94. The number of Topliss-reactive ketones (excluding diaryl/α,β-unsaturated/α-hetero) is 1. The van der Waals surface area contributed by atoms with Crippen molar-refractivity contribution in [2.45, 2.75) is 12.2 Å². The summed E-state index contributed by atoms with van der Waals surface area (Å²) in [6.45, 7) is 0. The molecule has 1 unspecified atom stereocenters. The van der Waals surface area contributed by atoms with E-state index in [9.17, 15) is 27.9 Å². The van der Waals surface area contributed by atoms with Gasteiger partial charge in [0.25, 0.3) is 11.7 Å². The summed E-state index contributed by atoms with van der Waals surface area (Å²) in [4.78, 5) is 27.4. The number of methoxy groups -OCH3 is 2. The minimum absolute atomic E-state index is 0.176. The normalized spacial score (nSPS) is 17.4. The van der Waals surface area contributed by atoms with Gasteiger partial charge in [-0.05, 0) is 54.6 Å². The van der Waals surface area contributed by atoms with Crippen LogP contribution in [0.1, 0.15) is 22.7 Å². The zero-order valence-corrected chi connectivity index (χ0v) is 19.7. The molecule has 1 amide bonds. The smallest absolute Gasteiger partial charge is 0.416 e. The van der Waals surface area contributed by atoms with Gasteiger partial charge in [-0.1, -0.05) is 17.7 Å². The summed E-state index contributed by atoms with van der Waals surface area (Å²) in [5, 5.41) is 11.5. The standard InChI is InChI=1S/C26H19ClF3NO5/c1-35-18-10-11-19(20(13-18)36-2)22-21(23(32)14-6-8-16(27)9-7-14)24(33)25(34)31(22)17-5-3-4-15(12-17)26(28,29)30/h3-13,22,32H,1-2H3/b23-21+. The highest BCUT2D eigenvalue weighted by Crippen LogP contribution is 2.46. The maximum Gasteiger partial charge on any atom is 0.416 e. The number of ketones is 1. The Morgan fingerprint density at radius 1 is 0.972 bits per heavy atom. The van der Waals surface area contributed by atoms with Gasteiger partial charge in [-0.2, -0.15) is 13.2 Å². The Kier molecular flexibility index (Phi) is 6.69. The summed E-state index contributed by atoms with van der Waals surface area (Å²) in [5.74, 6) is -2.08. The molecule has 3 aromatic rings. The van der Waals surface area contributed by atoms with Crippen molar-refractivity contribution in [3.8, 4) is 11.5 Å². The SMILES string of the molecule is COc1ccc(C2/C(=C(\O)c3ccc(Cl)cc3)C(=O)C(=O)N2c2cccc(C(F)(F)F)c2)c(OC)c1. The van der Waals surface area contributed by atoms with Crippen LogP contribution in [0.25, 0.3) is 5.76 Å². The largest absolute Gasteiger partial charge is 0.507 e. The summed E-state index contributed by atoms with van der Waals surface area (Å²) in [7, 11) is 2.79. The first kappa shape index (κ1) is 25.1. The molecule has 1 fully saturated rings. The quantitative estimate of drug-likeness (QED) is 0.255. The number of carbonyl (C=O) groups excluding carboxylic acids is 2. The summed E-state index contributed by atoms with van der Waals surface area (Å²) in [6, 6.07) is 13.2. The molecule has 0 spiro atoms. The molecule has 1 aliphatic heterocycles. The molecule has 1 heterocycles. The number of aliphatic hydroxyl groups excluding tert-OH is 1. The van der Waals surface area contributed by atoms with Crippen LogP contribution in [0.4, 0.5) is 18.9 Å². The maximum absolute atomic E-state index is 13.4. The summed E-state index contributed by atoms with van der Waals surface area (Å²) in [5.41, 5.74) is -1.04. The molecule has 1 atom stereocenters. The Morgan fingerprint density at radius 3 is 2.28 bits per heavy atom. The zero-order chi connectivity index (χ0) is 26.2. The highest BCUT2D eigenvalue weighted by molar-refractivity contribution is 6.51. The minimum Gasteiger partial charge on any atom is -0.507 e. The third-order valence-corrected chi connectivity index (χ3v) is 6.00. The van der Waals surface area contributed by atoms with Gasteiger partial charge in [0.2, 0.25) is 0 Å². The Morgan fingerprint density at radius 2 is 1.67 bits per heavy atom. The molecule has 6 nitrogen and oxygen atoms in total. The number of halogens is 4. The van der Waals surface area contributed by atoms with Crippen LogP contribution >= 0.6 is 11.6 Å². The molecule has 0 aromatic heterocycles. The number of carbonyl (C=O) groups is 2. The van der Waals surface area contributed by atoms with E-state index in [1.807, 2.05) is 0 Å². The van der Waals surface area contributed by atoms with E-state index >= 15 is 0 Å². The molecule has 0 bridgehead atoms. The minimum atomic E-state index is -4.68. The molecule has 3 aromatic carbocycles. The topological polar surface area (TPSA) is 76.1 Å². The molecular formula is C26H19ClF3NO5. The van der Waals surface area contributed by atoms with Crippen molar-refractivity contribution in [3.63, 3.8) is 0 Å². The number of nitrogens with zero attached hydrogens (tertiary/aromatic N) is 1. The van der Waals surface area contributed by atoms with Crippen LogP contribution in [0.5, 0.6) is 11.5 Å². The Hall–Kier alpha value is -3.98. The number of alkyl halides is 3. The number of hydrogen-bond donors (Lipinski definition) is 1. The lowest BCUT2D eigenvalue weighted by molar-refractivity contribution is -0.137. The number of benzene rings is 3. The van der Waals surface area contributed by atoms with E-state index in [0.717, 1.165) is 23.1 Å². The van der Waals surface area contributed by atoms with Gasteiger partial charge in [-0.3, -0.25) is 14.5 Å². The predicted molar refractivity (Wildman–Crippen MR) is 127 cm³/mol. The van der Waals surface area contributed by atoms with Gasteiger partial charge >= 0.3 is 6.18 Å². The lowest BCUT2D eigenvalue weighted by Crippen LogP contribution is -2.30. The third-order valence-electron chi connectivity index (χ3n) is 5.75. The fourth-order valence-corrected chi connectivity index (χ4v) is 4.16. The third kappa shape index (κ3) is 4.49. The van der Waals surface area contributed by atoms with Gasteiger partial charge in [-0.25, -0.2) is 0 Å². The molecule has 36 heavy (non-hydrogen) atoms. The molecule has 4 rings (SSSR count). The van der Waals surface area contributed by atoms with Crippen LogP contribution in [0.2, 0.25) is 5.02 Å². The summed E-state index contributed by atoms with van der Waals surface area (Å²) >= 11 is 5.93. The summed E-state index contributed by atoms with van der Waals surface area (Å²) in [6.07, 6.45) is -4.68. The molecule has 1 N–H and O–H groups in total. The van der Waals surface area contributed by atoms with E-state index in [1.54, 1.807) is 6.07 Å². The maximum atomic E-state index is 13.4. The Balaban J connectivity index is 2.00. The number of hydrogen-bond acceptors (Lipinski definition) is 5. The van der Waals surface area contributed by atoms with Crippen LogP contribution in [0, 0.1) is 0 Å². The number of amides is 1. The van der Waals surface area contributed by atoms with Gasteiger partial charge in [0.1, 0.15) is 17.3 Å². The fourth-order valence-electron chi connectivity index (χ4n) is 4.03.